The molecule has 0 aliphatic carbocycles. The molecular weight excluding hydrogens is 347 g/mol. The lowest BCUT2D eigenvalue weighted by Gasteiger charge is -2.26. The molecule has 6 heteroatoms. The molecule has 27 heavy (non-hydrogen) atoms. The van der Waals surface area contributed by atoms with Gasteiger partial charge >= 0.3 is 0 Å². The molecule has 2 aliphatic rings. The average Bonchev–Trinajstić information content (AvgIpc) is 3.16. The highest BCUT2D eigenvalue weighted by molar-refractivity contribution is 5.90. The predicted octanol–water partition coefficient (Wildman–Crippen LogP) is 3.76. The highest BCUT2D eigenvalue weighted by Gasteiger charge is 2.27. The number of hydrogen-bond donors (Lipinski definition) is 1. The molecule has 1 amide bonds. The second kappa shape index (κ2) is 7.96. The zero-order valence-electron chi connectivity index (χ0n) is 15.1. The minimum atomic E-state index is -0.416. The maximum atomic E-state index is 13.7. The molecule has 2 heterocycles. The van der Waals surface area contributed by atoms with Crippen molar-refractivity contribution < 1.29 is 18.7 Å². The number of hydrogen-bond acceptors (Lipinski definition) is 4. The first-order chi connectivity index (χ1) is 13.2. The molecule has 1 fully saturated rings. The first kappa shape index (κ1) is 17.8. The minimum absolute atomic E-state index is 0.173. The van der Waals surface area contributed by atoms with Gasteiger partial charge in [-0.05, 0) is 49.2 Å². The third-order valence-electron chi connectivity index (χ3n) is 5.09. The van der Waals surface area contributed by atoms with Crippen LogP contribution in [0.5, 0.6) is 11.5 Å². The summed E-state index contributed by atoms with van der Waals surface area (Å²) < 4.78 is 24.9. The number of nitrogens with one attached hydrogen (secondary N) is 1. The standard InChI is InChI=1S/C21H23FN2O3/c22-16-4-1-2-5-17(16)23-21(25)9-11-24-10-3-6-18(24)15-7-8-19-20(14-15)27-13-12-26-19/h1-2,4-5,7-8,14,18H,3,6,9-13H2,(H,23,25). The van der Waals surface area contributed by atoms with E-state index in [0.717, 1.165) is 30.9 Å². The fourth-order valence-electron chi connectivity index (χ4n) is 3.76. The Morgan fingerprint density at radius 3 is 2.81 bits per heavy atom. The summed E-state index contributed by atoms with van der Waals surface area (Å²) in [5.41, 5.74) is 1.42. The third-order valence-corrected chi connectivity index (χ3v) is 5.09. The van der Waals surface area contributed by atoms with Crippen molar-refractivity contribution in [3.05, 3.63) is 53.8 Å². The Balaban J connectivity index is 1.37. The Morgan fingerprint density at radius 2 is 1.96 bits per heavy atom. The molecule has 1 unspecified atom stereocenters. The molecule has 2 aromatic carbocycles. The molecular formula is C21H23FN2O3. The molecule has 5 nitrogen and oxygen atoms in total. The Labute approximate surface area is 158 Å². The van der Waals surface area contributed by atoms with Gasteiger partial charge < -0.3 is 14.8 Å². The maximum absolute atomic E-state index is 13.7. The van der Waals surface area contributed by atoms with E-state index in [1.54, 1.807) is 18.2 Å². The summed E-state index contributed by atoms with van der Waals surface area (Å²) >= 11 is 0. The molecule has 0 radical (unpaired) electrons. The Bertz CT molecular complexity index is 827. The molecule has 0 saturated carbocycles. The predicted molar refractivity (Wildman–Crippen MR) is 101 cm³/mol. The van der Waals surface area contributed by atoms with Crippen LogP contribution >= 0.6 is 0 Å². The van der Waals surface area contributed by atoms with Crippen molar-refractivity contribution in [2.45, 2.75) is 25.3 Å². The number of rotatable bonds is 5. The monoisotopic (exact) mass is 370 g/mol. The second-order valence-electron chi connectivity index (χ2n) is 6.88. The molecule has 4 rings (SSSR count). The van der Waals surface area contributed by atoms with Crippen molar-refractivity contribution in [2.24, 2.45) is 0 Å². The molecule has 1 atom stereocenters. The van der Waals surface area contributed by atoms with Crippen LogP contribution in [-0.2, 0) is 4.79 Å². The van der Waals surface area contributed by atoms with E-state index in [9.17, 15) is 9.18 Å². The van der Waals surface area contributed by atoms with Gasteiger partial charge in [-0.25, -0.2) is 4.39 Å². The lowest BCUT2D eigenvalue weighted by Crippen LogP contribution is -2.28. The Morgan fingerprint density at radius 1 is 1.15 bits per heavy atom. The van der Waals surface area contributed by atoms with Crippen LogP contribution in [0, 0.1) is 5.82 Å². The van der Waals surface area contributed by atoms with Crippen molar-refractivity contribution >= 4 is 11.6 Å². The number of benzene rings is 2. The zero-order chi connectivity index (χ0) is 18.6. The van der Waals surface area contributed by atoms with Gasteiger partial charge in [0.15, 0.2) is 11.5 Å². The van der Waals surface area contributed by atoms with Crippen LogP contribution in [0.3, 0.4) is 0 Å². The van der Waals surface area contributed by atoms with E-state index >= 15 is 0 Å². The zero-order valence-corrected chi connectivity index (χ0v) is 15.1. The summed E-state index contributed by atoms with van der Waals surface area (Å²) in [7, 11) is 0. The normalized spacial score (nSPS) is 19.1. The van der Waals surface area contributed by atoms with Crippen LogP contribution < -0.4 is 14.8 Å². The fourth-order valence-corrected chi connectivity index (χ4v) is 3.76. The van der Waals surface area contributed by atoms with E-state index in [1.807, 2.05) is 6.07 Å². The van der Waals surface area contributed by atoms with E-state index in [4.69, 9.17) is 9.47 Å². The van der Waals surface area contributed by atoms with Crippen LogP contribution in [0.1, 0.15) is 30.9 Å². The summed E-state index contributed by atoms with van der Waals surface area (Å²) in [6, 6.07) is 12.6. The summed E-state index contributed by atoms with van der Waals surface area (Å²) in [5.74, 6) is 0.996. The number of anilines is 1. The van der Waals surface area contributed by atoms with Gasteiger partial charge in [-0.1, -0.05) is 18.2 Å². The molecule has 0 spiro atoms. The summed E-state index contributed by atoms with van der Waals surface area (Å²) in [6.45, 7) is 2.74. The number of nitrogens with zero attached hydrogens (tertiary/aromatic N) is 1. The van der Waals surface area contributed by atoms with Crippen LogP contribution in [0.15, 0.2) is 42.5 Å². The van der Waals surface area contributed by atoms with Crippen LogP contribution in [0.2, 0.25) is 0 Å². The number of carbonyl (C=O) groups excluding carboxylic acids is 1. The third kappa shape index (κ3) is 4.06. The topological polar surface area (TPSA) is 50.8 Å². The fraction of sp³-hybridized carbons (Fsp3) is 0.381. The number of amides is 1. The van der Waals surface area contributed by atoms with E-state index in [2.05, 4.69) is 22.3 Å². The lowest BCUT2D eigenvalue weighted by atomic mass is 10.0. The number of carbonyl (C=O) groups is 1. The minimum Gasteiger partial charge on any atom is -0.486 e. The largest absolute Gasteiger partial charge is 0.486 e. The molecule has 1 saturated heterocycles. The molecule has 2 aliphatic heterocycles. The number of fused-ring (bicyclic) bond motifs is 1. The van der Waals surface area contributed by atoms with Crippen LogP contribution in [-0.4, -0.2) is 37.1 Å². The summed E-state index contributed by atoms with van der Waals surface area (Å²) in [6.07, 6.45) is 2.47. The highest BCUT2D eigenvalue weighted by Crippen LogP contribution is 2.38. The van der Waals surface area contributed by atoms with Gasteiger partial charge in [-0.2, -0.15) is 0 Å². The maximum Gasteiger partial charge on any atom is 0.225 e. The van der Waals surface area contributed by atoms with Gasteiger partial charge in [-0.3, -0.25) is 9.69 Å². The number of likely N-dealkylation sites (tertiary alicyclic amines) is 1. The van der Waals surface area contributed by atoms with Crippen LogP contribution in [0.4, 0.5) is 10.1 Å². The quantitative estimate of drug-likeness (QED) is 0.871. The summed E-state index contributed by atoms with van der Waals surface area (Å²) in [4.78, 5) is 14.5. The van der Waals surface area contributed by atoms with Crippen molar-refractivity contribution in [1.82, 2.24) is 4.90 Å². The average molecular weight is 370 g/mol. The highest BCUT2D eigenvalue weighted by atomic mass is 19.1. The van der Waals surface area contributed by atoms with Crippen molar-refractivity contribution in [1.29, 1.82) is 0 Å². The Kier molecular flexibility index (Phi) is 5.25. The first-order valence-corrected chi connectivity index (χ1v) is 9.39. The lowest BCUT2D eigenvalue weighted by molar-refractivity contribution is -0.116. The van der Waals surface area contributed by atoms with Gasteiger partial charge in [-0.15, -0.1) is 0 Å². The van der Waals surface area contributed by atoms with Gasteiger partial charge in [0.2, 0.25) is 5.91 Å². The van der Waals surface area contributed by atoms with Crippen molar-refractivity contribution in [3.63, 3.8) is 0 Å². The molecule has 0 aromatic heterocycles. The first-order valence-electron chi connectivity index (χ1n) is 9.39. The smallest absolute Gasteiger partial charge is 0.225 e. The molecule has 1 N–H and O–H groups in total. The molecule has 2 aromatic rings. The summed E-state index contributed by atoms with van der Waals surface area (Å²) in [5, 5.41) is 2.65. The molecule has 142 valence electrons. The van der Waals surface area contributed by atoms with E-state index in [1.165, 1.54) is 11.6 Å². The van der Waals surface area contributed by atoms with Gasteiger partial charge in [0, 0.05) is 19.0 Å². The second-order valence-corrected chi connectivity index (χ2v) is 6.88. The van der Waals surface area contributed by atoms with E-state index in [0.29, 0.717) is 26.2 Å². The van der Waals surface area contributed by atoms with E-state index in [-0.39, 0.29) is 17.6 Å². The van der Waals surface area contributed by atoms with Crippen molar-refractivity contribution in [3.8, 4) is 11.5 Å². The van der Waals surface area contributed by atoms with E-state index < -0.39 is 5.82 Å². The Hall–Kier alpha value is -2.60. The van der Waals surface area contributed by atoms with Gasteiger partial charge in [0.25, 0.3) is 0 Å². The molecule has 0 bridgehead atoms. The SMILES string of the molecule is O=C(CCN1CCCC1c1ccc2c(c1)OCCO2)Nc1ccccc1F. The van der Waals surface area contributed by atoms with Gasteiger partial charge in [0.1, 0.15) is 19.0 Å². The number of para-hydroxylation sites is 1. The van der Waals surface area contributed by atoms with Gasteiger partial charge in [0.05, 0.1) is 5.69 Å². The van der Waals surface area contributed by atoms with Crippen molar-refractivity contribution in [2.75, 3.05) is 31.6 Å². The number of ether oxygens (including phenoxy) is 2. The number of halogens is 1. The van der Waals surface area contributed by atoms with Crippen LogP contribution in [0.25, 0.3) is 0 Å².